The van der Waals surface area contributed by atoms with Crippen molar-refractivity contribution in [1.82, 2.24) is 15.5 Å². The molecule has 3 unspecified atom stereocenters. The molecular formula is C28H47N3O4. The number of carbonyl (C=O) groups is 3. The monoisotopic (exact) mass is 489 g/mol. The number of alkyl carbamates (subject to hydrolysis) is 1. The summed E-state index contributed by atoms with van der Waals surface area (Å²) in [6, 6.07) is 4.25. The molecule has 0 heterocycles. The van der Waals surface area contributed by atoms with E-state index < -0.39 is 23.8 Å². The van der Waals surface area contributed by atoms with E-state index in [1.54, 1.807) is 25.7 Å². The number of carbonyl (C=O) groups excluding carboxylic acids is 3. The van der Waals surface area contributed by atoms with Crippen molar-refractivity contribution in [3.63, 3.8) is 0 Å². The molecule has 0 saturated carbocycles. The number of benzene rings is 1. The van der Waals surface area contributed by atoms with E-state index in [4.69, 9.17) is 4.74 Å². The number of nitrogens with zero attached hydrogens (tertiary/aromatic N) is 1. The van der Waals surface area contributed by atoms with Crippen LogP contribution in [0.15, 0.2) is 18.2 Å². The minimum Gasteiger partial charge on any atom is -0.444 e. The van der Waals surface area contributed by atoms with Gasteiger partial charge in [-0.3, -0.25) is 9.59 Å². The van der Waals surface area contributed by atoms with E-state index in [1.165, 1.54) is 0 Å². The lowest BCUT2D eigenvalue weighted by molar-refractivity contribution is -0.143. The minimum absolute atomic E-state index is 0.142. The largest absolute Gasteiger partial charge is 0.444 e. The number of ether oxygens (including phenoxy) is 1. The van der Waals surface area contributed by atoms with Crippen molar-refractivity contribution in [2.45, 2.75) is 106 Å². The van der Waals surface area contributed by atoms with E-state index >= 15 is 0 Å². The Morgan fingerprint density at radius 1 is 1.06 bits per heavy atom. The van der Waals surface area contributed by atoms with Gasteiger partial charge in [-0.25, -0.2) is 4.79 Å². The van der Waals surface area contributed by atoms with E-state index in [9.17, 15) is 14.4 Å². The summed E-state index contributed by atoms with van der Waals surface area (Å²) in [5, 5.41) is 5.83. The molecule has 0 aliphatic rings. The maximum Gasteiger partial charge on any atom is 0.408 e. The lowest BCUT2D eigenvalue weighted by Crippen LogP contribution is -2.55. The van der Waals surface area contributed by atoms with Crippen LogP contribution in [-0.2, 0) is 14.3 Å². The fourth-order valence-corrected chi connectivity index (χ4v) is 3.91. The Balaban J connectivity index is 3.49. The standard InChI is InChI=1S/C28H47N3O4/c1-10-13-17-29-25(32)24(22-16-14-15-20(5)21(22)6)31(18-11-2)26(33)23(19(4)12-3)30-27(34)35-28(7,8)9/h14-16,19,23-24H,10-13,17-18H2,1-9H3,(H,29,32)(H,30,34). The molecule has 0 aliphatic carbocycles. The highest BCUT2D eigenvalue weighted by Crippen LogP contribution is 2.28. The number of unbranched alkanes of at least 4 members (excludes halogenated alkanes) is 1. The first-order valence-electron chi connectivity index (χ1n) is 13.0. The summed E-state index contributed by atoms with van der Waals surface area (Å²) in [7, 11) is 0. The summed E-state index contributed by atoms with van der Waals surface area (Å²) in [4.78, 5) is 41.9. The molecule has 0 aliphatic heterocycles. The molecule has 2 N–H and O–H groups in total. The van der Waals surface area contributed by atoms with Crippen molar-refractivity contribution in [3.8, 4) is 0 Å². The zero-order valence-electron chi connectivity index (χ0n) is 23.3. The summed E-state index contributed by atoms with van der Waals surface area (Å²) in [6.45, 7) is 18.2. The highest BCUT2D eigenvalue weighted by atomic mass is 16.6. The lowest BCUT2D eigenvalue weighted by atomic mass is 9.93. The summed E-state index contributed by atoms with van der Waals surface area (Å²) < 4.78 is 5.45. The third-order valence-electron chi connectivity index (χ3n) is 6.23. The van der Waals surface area contributed by atoms with Crippen LogP contribution in [-0.4, -0.2) is 47.5 Å². The average Bonchev–Trinajstić information content (AvgIpc) is 2.77. The number of nitrogens with one attached hydrogen (secondary N) is 2. The highest BCUT2D eigenvalue weighted by molar-refractivity contribution is 5.92. The van der Waals surface area contributed by atoms with E-state index in [0.29, 0.717) is 25.9 Å². The second kappa shape index (κ2) is 14.1. The zero-order valence-corrected chi connectivity index (χ0v) is 23.3. The third kappa shape index (κ3) is 9.19. The van der Waals surface area contributed by atoms with Gasteiger partial charge in [-0.05, 0) is 70.1 Å². The zero-order chi connectivity index (χ0) is 26.8. The van der Waals surface area contributed by atoms with E-state index in [2.05, 4.69) is 17.6 Å². The van der Waals surface area contributed by atoms with Gasteiger partial charge in [0, 0.05) is 13.1 Å². The first-order valence-corrected chi connectivity index (χ1v) is 13.0. The van der Waals surface area contributed by atoms with Crippen molar-refractivity contribution >= 4 is 17.9 Å². The predicted molar refractivity (Wildman–Crippen MR) is 141 cm³/mol. The second-order valence-electron chi connectivity index (χ2n) is 10.4. The highest BCUT2D eigenvalue weighted by Gasteiger charge is 2.38. The Kier molecular flexibility index (Phi) is 12.3. The average molecular weight is 490 g/mol. The molecule has 7 nitrogen and oxygen atoms in total. The lowest BCUT2D eigenvalue weighted by Gasteiger charge is -2.36. The second-order valence-corrected chi connectivity index (χ2v) is 10.4. The molecule has 1 rings (SSSR count). The van der Waals surface area contributed by atoms with Gasteiger partial charge in [-0.1, -0.05) is 58.7 Å². The van der Waals surface area contributed by atoms with Gasteiger partial charge in [-0.15, -0.1) is 0 Å². The quantitative estimate of drug-likeness (QED) is 0.383. The Hall–Kier alpha value is -2.57. The van der Waals surface area contributed by atoms with Crippen LogP contribution >= 0.6 is 0 Å². The first-order chi connectivity index (χ1) is 16.4. The van der Waals surface area contributed by atoms with Crippen molar-refractivity contribution in [2.75, 3.05) is 13.1 Å². The van der Waals surface area contributed by atoms with E-state index in [-0.39, 0.29) is 17.7 Å². The smallest absolute Gasteiger partial charge is 0.408 e. The molecule has 1 aromatic carbocycles. The predicted octanol–water partition coefficient (Wildman–Crippen LogP) is 5.44. The van der Waals surface area contributed by atoms with Gasteiger partial charge in [0.15, 0.2) is 0 Å². The molecule has 0 spiro atoms. The van der Waals surface area contributed by atoms with Crippen LogP contribution in [0.2, 0.25) is 0 Å². The number of hydrogen-bond acceptors (Lipinski definition) is 4. The molecular weight excluding hydrogens is 442 g/mol. The van der Waals surface area contributed by atoms with Gasteiger partial charge in [0.1, 0.15) is 17.7 Å². The van der Waals surface area contributed by atoms with Crippen LogP contribution in [0.25, 0.3) is 0 Å². The van der Waals surface area contributed by atoms with Crippen molar-refractivity contribution < 1.29 is 19.1 Å². The van der Waals surface area contributed by atoms with Gasteiger partial charge >= 0.3 is 6.09 Å². The van der Waals surface area contributed by atoms with Gasteiger partial charge in [0.2, 0.25) is 11.8 Å². The minimum atomic E-state index is -0.808. The number of amides is 3. The molecule has 1 aromatic rings. The molecule has 3 atom stereocenters. The van der Waals surface area contributed by atoms with Gasteiger partial charge in [-0.2, -0.15) is 0 Å². The summed E-state index contributed by atoms with van der Waals surface area (Å²) in [5.74, 6) is -0.616. The van der Waals surface area contributed by atoms with Crippen LogP contribution in [0, 0.1) is 19.8 Å². The SMILES string of the molecule is CCCCNC(=O)C(c1cccc(C)c1C)N(CCC)C(=O)C(NC(=O)OC(C)(C)C)C(C)CC. The topological polar surface area (TPSA) is 87.7 Å². The molecule has 0 aromatic heterocycles. The first kappa shape index (κ1) is 30.5. The molecule has 35 heavy (non-hydrogen) atoms. The van der Waals surface area contributed by atoms with Crippen LogP contribution in [0.4, 0.5) is 4.79 Å². The Bertz CT molecular complexity index is 847. The summed E-state index contributed by atoms with van der Waals surface area (Å²) >= 11 is 0. The Morgan fingerprint density at radius 3 is 2.26 bits per heavy atom. The van der Waals surface area contributed by atoms with Gasteiger partial charge < -0.3 is 20.3 Å². The van der Waals surface area contributed by atoms with Crippen molar-refractivity contribution in [2.24, 2.45) is 5.92 Å². The normalized spacial score (nSPS) is 14.0. The molecule has 3 amide bonds. The molecule has 0 saturated heterocycles. The number of aryl methyl sites for hydroxylation is 1. The molecule has 198 valence electrons. The van der Waals surface area contributed by atoms with E-state index in [0.717, 1.165) is 29.5 Å². The maximum absolute atomic E-state index is 14.1. The molecule has 0 fully saturated rings. The number of hydrogen-bond donors (Lipinski definition) is 2. The van der Waals surface area contributed by atoms with Crippen molar-refractivity contribution in [3.05, 3.63) is 34.9 Å². The van der Waals surface area contributed by atoms with Gasteiger partial charge in [0.25, 0.3) is 0 Å². The Labute approximate surface area is 212 Å². The number of rotatable bonds is 12. The van der Waals surface area contributed by atoms with Crippen LogP contribution in [0.1, 0.15) is 96.9 Å². The van der Waals surface area contributed by atoms with Gasteiger partial charge in [0.05, 0.1) is 0 Å². The van der Waals surface area contributed by atoms with Crippen LogP contribution < -0.4 is 10.6 Å². The molecule has 0 radical (unpaired) electrons. The molecule has 0 bridgehead atoms. The fraction of sp³-hybridized carbons (Fsp3) is 0.679. The Morgan fingerprint density at radius 2 is 1.71 bits per heavy atom. The van der Waals surface area contributed by atoms with Crippen LogP contribution in [0.3, 0.4) is 0 Å². The van der Waals surface area contributed by atoms with Crippen LogP contribution in [0.5, 0.6) is 0 Å². The summed E-state index contributed by atoms with van der Waals surface area (Å²) in [6.07, 6.45) is 2.55. The maximum atomic E-state index is 14.1. The third-order valence-corrected chi connectivity index (χ3v) is 6.23. The fourth-order valence-electron chi connectivity index (χ4n) is 3.91. The van der Waals surface area contributed by atoms with E-state index in [1.807, 2.05) is 52.8 Å². The van der Waals surface area contributed by atoms with Crippen molar-refractivity contribution in [1.29, 1.82) is 0 Å². The summed E-state index contributed by atoms with van der Waals surface area (Å²) in [5.41, 5.74) is 2.16. The molecule has 7 heteroatoms.